The first-order valence-electron chi connectivity index (χ1n) is 5.53. The van der Waals surface area contributed by atoms with Crippen molar-refractivity contribution in [3.8, 4) is 5.69 Å². The Hall–Kier alpha value is -1.53. The monoisotopic (exact) mass is 289 g/mol. The lowest BCUT2D eigenvalue weighted by molar-refractivity contribution is -0.141. The average molecular weight is 290 g/mol. The largest absolute Gasteiger partial charge is 0.435 e. The number of aromatic nitrogens is 2. The molecule has 0 fully saturated rings. The van der Waals surface area contributed by atoms with Crippen LogP contribution in [0.25, 0.3) is 5.69 Å². The van der Waals surface area contributed by atoms with Crippen LogP contribution in [0.4, 0.5) is 13.2 Å². The minimum Gasteiger partial charge on any atom is -0.330 e. The first-order chi connectivity index (χ1) is 8.91. The number of hydrogen-bond acceptors (Lipinski definition) is 2. The molecular weight excluding hydrogens is 279 g/mol. The van der Waals surface area contributed by atoms with E-state index in [4.69, 9.17) is 17.3 Å². The van der Waals surface area contributed by atoms with Crippen LogP contribution in [-0.4, -0.2) is 16.3 Å². The van der Waals surface area contributed by atoms with Gasteiger partial charge in [-0.15, -0.1) is 0 Å². The number of alkyl halides is 3. The van der Waals surface area contributed by atoms with E-state index in [-0.39, 0.29) is 0 Å². The summed E-state index contributed by atoms with van der Waals surface area (Å²) in [6.45, 7) is 0.376. The Morgan fingerprint density at radius 3 is 2.58 bits per heavy atom. The second-order valence-electron chi connectivity index (χ2n) is 3.96. The Morgan fingerprint density at radius 1 is 1.26 bits per heavy atom. The van der Waals surface area contributed by atoms with Crippen LogP contribution in [0.5, 0.6) is 0 Å². The lowest BCUT2D eigenvalue weighted by Gasteiger charge is -2.09. The van der Waals surface area contributed by atoms with E-state index >= 15 is 0 Å². The van der Waals surface area contributed by atoms with Gasteiger partial charge in [-0.2, -0.15) is 18.3 Å². The molecule has 0 aliphatic carbocycles. The third kappa shape index (κ3) is 3.08. The Labute approximate surface area is 112 Å². The molecule has 1 heterocycles. The molecule has 2 rings (SSSR count). The molecule has 0 bridgehead atoms. The van der Waals surface area contributed by atoms with Crippen LogP contribution in [0.2, 0.25) is 5.02 Å². The van der Waals surface area contributed by atoms with E-state index in [2.05, 4.69) is 5.10 Å². The molecule has 0 saturated heterocycles. The number of halogens is 4. The highest BCUT2D eigenvalue weighted by Crippen LogP contribution is 2.28. The summed E-state index contributed by atoms with van der Waals surface area (Å²) in [5.74, 6) is 0. The van der Waals surface area contributed by atoms with Crippen molar-refractivity contribution in [3.05, 3.63) is 46.7 Å². The van der Waals surface area contributed by atoms with Gasteiger partial charge in [0.2, 0.25) is 0 Å². The predicted molar refractivity (Wildman–Crippen MR) is 66.3 cm³/mol. The molecule has 0 aliphatic rings. The van der Waals surface area contributed by atoms with Crippen molar-refractivity contribution in [1.82, 2.24) is 9.78 Å². The van der Waals surface area contributed by atoms with Crippen molar-refractivity contribution in [1.29, 1.82) is 0 Å². The summed E-state index contributed by atoms with van der Waals surface area (Å²) in [4.78, 5) is 0. The van der Waals surface area contributed by atoms with Gasteiger partial charge >= 0.3 is 6.18 Å². The van der Waals surface area contributed by atoms with Gasteiger partial charge in [0.15, 0.2) is 5.69 Å². The molecule has 0 spiro atoms. The Morgan fingerprint density at radius 2 is 2.00 bits per heavy atom. The topological polar surface area (TPSA) is 43.8 Å². The summed E-state index contributed by atoms with van der Waals surface area (Å²) >= 11 is 5.87. The summed E-state index contributed by atoms with van der Waals surface area (Å²) in [7, 11) is 0. The molecule has 0 atom stereocenters. The molecule has 102 valence electrons. The van der Waals surface area contributed by atoms with Crippen LogP contribution >= 0.6 is 11.6 Å². The molecular formula is C12H11ClF3N3. The van der Waals surface area contributed by atoms with E-state index in [9.17, 15) is 13.2 Å². The molecule has 2 aromatic rings. The number of benzene rings is 1. The number of rotatable bonds is 3. The van der Waals surface area contributed by atoms with Crippen LogP contribution in [0, 0.1) is 0 Å². The van der Waals surface area contributed by atoms with Gasteiger partial charge in [-0.25, -0.2) is 4.68 Å². The van der Waals surface area contributed by atoms with Crippen molar-refractivity contribution in [2.75, 3.05) is 6.54 Å². The van der Waals surface area contributed by atoms with E-state index in [1.807, 2.05) is 0 Å². The molecule has 19 heavy (non-hydrogen) atoms. The summed E-state index contributed by atoms with van der Waals surface area (Å²) in [5.41, 5.74) is 5.85. The zero-order chi connectivity index (χ0) is 14.0. The third-order valence-electron chi connectivity index (χ3n) is 2.58. The van der Waals surface area contributed by atoms with E-state index in [1.165, 1.54) is 10.9 Å². The third-order valence-corrected chi connectivity index (χ3v) is 2.82. The Kier molecular flexibility index (Phi) is 3.82. The molecule has 0 amide bonds. The lowest BCUT2D eigenvalue weighted by Crippen LogP contribution is -2.10. The fourth-order valence-electron chi connectivity index (χ4n) is 1.74. The summed E-state index contributed by atoms with van der Waals surface area (Å²) in [6, 6.07) is 5.84. The fraction of sp³-hybridized carbons (Fsp3) is 0.250. The van der Waals surface area contributed by atoms with E-state index in [0.29, 0.717) is 23.7 Å². The number of nitrogens with zero attached hydrogens (tertiary/aromatic N) is 2. The zero-order valence-electron chi connectivity index (χ0n) is 9.78. The van der Waals surface area contributed by atoms with Crippen molar-refractivity contribution in [2.45, 2.75) is 12.6 Å². The van der Waals surface area contributed by atoms with Gasteiger partial charge in [0.1, 0.15) is 0 Å². The van der Waals surface area contributed by atoms with E-state index < -0.39 is 11.9 Å². The quantitative estimate of drug-likeness (QED) is 0.944. The van der Waals surface area contributed by atoms with Gasteiger partial charge in [0.25, 0.3) is 0 Å². The predicted octanol–water partition coefficient (Wildman–Crippen LogP) is 3.05. The summed E-state index contributed by atoms with van der Waals surface area (Å²) in [5, 5.41) is 4.04. The normalized spacial score (nSPS) is 11.8. The molecule has 0 aliphatic heterocycles. The summed E-state index contributed by atoms with van der Waals surface area (Å²) in [6.07, 6.45) is -2.67. The highest BCUT2D eigenvalue weighted by molar-refractivity contribution is 6.30. The standard InChI is InChI=1S/C12H11ClF3N3/c13-9-1-2-10(8(7-9)3-5-17)19-6-4-11(18-19)12(14,15)16/h1-2,4,6-7H,3,5,17H2. The van der Waals surface area contributed by atoms with Crippen LogP contribution in [0.1, 0.15) is 11.3 Å². The first kappa shape index (κ1) is 13.9. The van der Waals surface area contributed by atoms with Crippen LogP contribution < -0.4 is 5.73 Å². The highest BCUT2D eigenvalue weighted by Gasteiger charge is 2.33. The van der Waals surface area contributed by atoms with Crippen LogP contribution in [-0.2, 0) is 12.6 Å². The molecule has 0 radical (unpaired) electrons. The van der Waals surface area contributed by atoms with Gasteiger partial charge in [-0.05, 0) is 42.8 Å². The fourth-order valence-corrected chi connectivity index (χ4v) is 1.94. The van der Waals surface area contributed by atoms with Gasteiger partial charge in [-0.1, -0.05) is 11.6 Å². The second-order valence-corrected chi connectivity index (χ2v) is 4.39. The minimum absolute atomic E-state index is 0.376. The van der Waals surface area contributed by atoms with Gasteiger partial charge in [0.05, 0.1) is 5.69 Å². The van der Waals surface area contributed by atoms with Gasteiger partial charge in [0, 0.05) is 11.2 Å². The molecule has 0 unspecified atom stereocenters. The molecule has 0 saturated carbocycles. The smallest absolute Gasteiger partial charge is 0.330 e. The number of nitrogens with two attached hydrogens (primary N) is 1. The molecule has 1 aromatic heterocycles. The van der Waals surface area contributed by atoms with Crippen molar-refractivity contribution in [3.63, 3.8) is 0 Å². The van der Waals surface area contributed by atoms with Crippen molar-refractivity contribution < 1.29 is 13.2 Å². The second kappa shape index (κ2) is 5.22. The van der Waals surface area contributed by atoms with Crippen LogP contribution in [0.3, 0.4) is 0 Å². The maximum Gasteiger partial charge on any atom is 0.435 e. The van der Waals surface area contributed by atoms with E-state index in [0.717, 1.165) is 11.6 Å². The lowest BCUT2D eigenvalue weighted by atomic mass is 10.1. The Balaban J connectivity index is 2.44. The molecule has 7 heteroatoms. The van der Waals surface area contributed by atoms with Gasteiger partial charge in [-0.3, -0.25) is 0 Å². The number of hydrogen-bond donors (Lipinski definition) is 1. The Bertz CT molecular complexity index is 578. The molecule has 1 aromatic carbocycles. The van der Waals surface area contributed by atoms with E-state index in [1.54, 1.807) is 18.2 Å². The highest BCUT2D eigenvalue weighted by atomic mass is 35.5. The van der Waals surface area contributed by atoms with Crippen LogP contribution in [0.15, 0.2) is 30.5 Å². The SMILES string of the molecule is NCCc1cc(Cl)ccc1-n1ccc(C(F)(F)F)n1. The first-order valence-corrected chi connectivity index (χ1v) is 5.91. The van der Waals surface area contributed by atoms with Gasteiger partial charge < -0.3 is 5.73 Å². The average Bonchev–Trinajstić information content (AvgIpc) is 2.78. The van der Waals surface area contributed by atoms with Crippen molar-refractivity contribution in [2.24, 2.45) is 5.73 Å². The summed E-state index contributed by atoms with van der Waals surface area (Å²) < 4.78 is 38.7. The van der Waals surface area contributed by atoms with Crippen molar-refractivity contribution >= 4 is 11.6 Å². The maximum atomic E-state index is 12.5. The molecule has 2 N–H and O–H groups in total. The maximum absolute atomic E-state index is 12.5. The minimum atomic E-state index is -4.45. The zero-order valence-corrected chi connectivity index (χ0v) is 10.5. The molecule has 3 nitrogen and oxygen atoms in total.